The summed E-state index contributed by atoms with van der Waals surface area (Å²) in [6.45, 7) is 3.87. The summed E-state index contributed by atoms with van der Waals surface area (Å²) in [4.78, 5) is 25.3. The highest BCUT2D eigenvalue weighted by atomic mass is 16.3. The summed E-state index contributed by atoms with van der Waals surface area (Å²) < 4.78 is 0. The van der Waals surface area contributed by atoms with Gasteiger partial charge in [-0.2, -0.15) is 0 Å². The van der Waals surface area contributed by atoms with Gasteiger partial charge >= 0.3 is 0 Å². The van der Waals surface area contributed by atoms with Crippen LogP contribution in [-0.4, -0.2) is 16.7 Å². The molecule has 1 aromatic carbocycles. The summed E-state index contributed by atoms with van der Waals surface area (Å²) in [5.74, 6) is -0.539. The maximum Gasteiger partial charge on any atom is 0.171 e. The van der Waals surface area contributed by atoms with Gasteiger partial charge in [-0.1, -0.05) is 30.7 Å². The van der Waals surface area contributed by atoms with Crippen molar-refractivity contribution in [3.63, 3.8) is 0 Å². The second-order valence-electron chi connectivity index (χ2n) is 5.83. The minimum Gasteiger partial charge on any atom is -0.507 e. The predicted octanol–water partition coefficient (Wildman–Crippen LogP) is 3.13. The number of phenols is 1. The van der Waals surface area contributed by atoms with Crippen molar-refractivity contribution < 1.29 is 14.7 Å². The van der Waals surface area contributed by atoms with Crippen LogP contribution >= 0.6 is 0 Å². The molecule has 0 heterocycles. The zero-order chi connectivity index (χ0) is 13.8. The number of rotatable bonds is 0. The SMILES string of the molecule is CC1=CC[C@@H]2C(=O)c3c(O)cccc3C(=O)[C@]2(C)C1. The Balaban J connectivity index is 2.24. The molecular formula is C16H16O3. The number of allylic oxidation sites excluding steroid dienone is 2. The van der Waals surface area contributed by atoms with Gasteiger partial charge in [0, 0.05) is 16.9 Å². The zero-order valence-electron chi connectivity index (χ0n) is 11.1. The second-order valence-corrected chi connectivity index (χ2v) is 5.83. The highest BCUT2D eigenvalue weighted by Gasteiger charge is 2.51. The van der Waals surface area contributed by atoms with Crippen molar-refractivity contribution in [2.45, 2.75) is 26.7 Å². The van der Waals surface area contributed by atoms with Gasteiger partial charge in [-0.25, -0.2) is 0 Å². The van der Waals surface area contributed by atoms with E-state index in [9.17, 15) is 14.7 Å². The Morgan fingerprint density at radius 2 is 2.05 bits per heavy atom. The highest BCUT2D eigenvalue weighted by Crippen LogP contribution is 2.49. The van der Waals surface area contributed by atoms with Crippen LogP contribution in [0.4, 0.5) is 0 Å². The standard InChI is InChI=1S/C16H16O3/c1-9-6-7-11-14(18)13-10(4-3-5-12(13)17)15(19)16(11,2)8-9/h3-6,11,17H,7-8H2,1-2H3/t11-,16-/m1/s1. The topological polar surface area (TPSA) is 54.4 Å². The molecule has 2 atom stereocenters. The van der Waals surface area contributed by atoms with Crippen LogP contribution in [0.3, 0.4) is 0 Å². The molecule has 0 saturated heterocycles. The molecule has 3 heteroatoms. The normalized spacial score (nSPS) is 29.6. The molecule has 3 nitrogen and oxygen atoms in total. The molecule has 0 radical (unpaired) electrons. The highest BCUT2D eigenvalue weighted by molar-refractivity contribution is 6.19. The molecule has 0 bridgehead atoms. The van der Waals surface area contributed by atoms with Gasteiger partial charge in [0.2, 0.25) is 0 Å². The van der Waals surface area contributed by atoms with Crippen molar-refractivity contribution in [1.29, 1.82) is 0 Å². The number of benzene rings is 1. The lowest BCUT2D eigenvalue weighted by atomic mass is 9.58. The van der Waals surface area contributed by atoms with Crippen molar-refractivity contribution in [2.24, 2.45) is 11.3 Å². The molecule has 1 N–H and O–H groups in total. The first-order valence-electron chi connectivity index (χ1n) is 6.52. The fraction of sp³-hybridized carbons (Fsp3) is 0.375. The van der Waals surface area contributed by atoms with Gasteiger partial charge in [-0.15, -0.1) is 0 Å². The Labute approximate surface area is 111 Å². The van der Waals surface area contributed by atoms with Crippen molar-refractivity contribution in [2.75, 3.05) is 0 Å². The summed E-state index contributed by atoms with van der Waals surface area (Å²) in [5, 5.41) is 9.88. The Morgan fingerprint density at radius 3 is 2.79 bits per heavy atom. The lowest BCUT2D eigenvalue weighted by Gasteiger charge is -2.42. The number of aromatic hydroxyl groups is 1. The first-order chi connectivity index (χ1) is 8.95. The van der Waals surface area contributed by atoms with Gasteiger partial charge in [0.1, 0.15) is 5.75 Å². The maximum atomic E-state index is 12.7. The third kappa shape index (κ3) is 1.51. The third-order valence-electron chi connectivity index (χ3n) is 4.49. The van der Waals surface area contributed by atoms with Crippen molar-refractivity contribution >= 4 is 11.6 Å². The van der Waals surface area contributed by atoms with Gasteiger partial charge in [0.05, 0.1) is 5.56 Å². The smallest absolute Gasteiger partial charge is 0.171 e. The van der Waals surface area contributed by atoms with E-state index in [0.717, 1.165) is 5.57 Å². The van der Waals surface area contributed by atoms with E-state index in [-0.39, 0.29) is 28.8 Å². The fourth-order valence-electron chi connectivity index (χ4n) is 3.46. The number of carbonyl (C=O) groups is 2. The Morgan fingerprint density at radius 1 is 1.32 bits per heavy atom. The first-order valence-corrected chi connectivity index (χ1v) is 6.52. The van der Waals surface area contributed by atoms with Gasteiger partial charge in [-0.3, -0.25) is 9.59 Å². The van der Waals surface area contributed by atoms with Crippen LogP contribution in [-0.2, 0) is 0 Å². The van der Waals surface area contributed by atoms with Gasteiger partial charge in [0.25, 0.3) is 0 Å². The van der Waals surface area contributed by atoms with E-state index in [4.69, 9.17) is 0 Å². The van der Waals surface area contributed by atoms with Gasteiger partial charge in [0.15, 0.2) is 11.6 Å². The second kappa shape index (κ2) is 3.80. The van der Waals surface area contributed by atoms with E-state index < -0.39 is 5.41 Å². The molecule has 98 valence electrons. The quantitative estimate of drug-likeness (QED) is 0.725. The molecule has 19 heavy (non-hydrogen) atoms. The summed E-state index contributed by atoms with van der Waals surface area (Å²) in [6, 6.07) is 4.73. The van der Waals surface area contributed by atoms with E-state index in [1.54, 1.807) is 12.1 Å². The molecule has 0 aromatic heterocycles. The van der Waals surface area contributed by atoms with Crippen LogP contribution in [0.2, 0.25) is 0 Å². The Bertz CT molecular complexity index is 627. The van der Waals surface area contributed by atoms with Crippen LogP contribution in [0.1, 0.15) is 47.4 Å². The van der Waals surface area contributed by atoms with E-state index in [0.29, 0.717) is 18.4 Å². The minimum absolute atomic E-state index is 0.0181. The first kappa shape index (κ1) is 12.2. The summed E-state index contributed by atoms with van der Waals surface area (Å²) in [6.07, 6.45) is 3.24. The molecule has 0 spiro atoms. The zero-order valence-corrected chi connectivity index (χ0v) is 11.1. The third-order valence-corrected chi connectivity index (χ3v) is 4.49. The molecule has 0 fully saturated rings. The number of Topliss-reactive ketones (excluding diaryl/α,β-unsaturated/α-hetero) is 2. The molecule has 0 saturated carbocycles. The van der Waals surface area contributed by atoms with Gasteiger partial charge < -0.3 is 5.11 Å². The van der Waals surface area contributed by atoms with Crippen LogP contribution in [0, 0.1) is 11.3 Å². The van der Waals surface area contributed by atoms with E-state index in [1.165, 1.54) is 6.07 Å². The molecule has 0 unspecified atom stereocenters. The molecule has 3 rings (SSSR count). The Kier molecular flexibility index (Phi) is 2.43. The van der Waals surface area contributed by atoms with E-state index in [2.05, 4.69) is 0 Å². The van der Waals surface area contributed by atoms with E-state index in [1.807, 2.05) is 19.9 Å². The fourth-order valence-corrected chi connectivity index (χ4v) is 3.46. The molecular weight excluding hydrogens is 240 g/mol. The molecule has 0 amide bonds. The average molecular weight is 256 g/mol. The van der Waals surface area contributed by atoms with Crippen molar-refractivity contribution in [3.05, 3.63) is 41.0 Å². The molecule has 2 aliphatic rings. The number of phenolic OH excluding ortho intramolecular Hbond substituents is 1. The average Bonchev–Trinajstić information content (AvgIpc) is 2.35. The monoisotopic (exact) mass is 256 g/mol. The van der Waals surface area contributed by atoms with Crippen LogP contribution in [0.25, 0.3) is 0 Å². The minimum atomic E-state index is -0.656. The van der Waals surface area contributed by atoms with Crippen LogP contribution in [0.15, 0.2) is 29.8 Å². The van der Waals surface area contributed by atoms with Crippen LogP contribution < -0.4 is 0 Å². The molecule has 2 aliphatic carbocycles. The lowest BCUT2D eigenvalue weighted by molar-refractivity contribution is 0.0561. The Hall–Kier alpha value is -1.90. The lowest BCUT2D eigenvalue weighted by Crippen LogP contribution is -2.46. The predicted molar refractivity (Wildman–Crippen MR) is 71.4 cm³/mol. The maximum absolute atomic E-state index is 12.7. The summed E-state index contributed by atoms with van der Waals surface area (Å²) in [5.41, 5.74) is 1.08. The summed E-state index contributed by atoms with van der Waals surface area (Å²) in [7, 11) is 0. The number of ketones is 2. The number of hydrogen-bond donors (Lipinski definition) is 1. The largest absolute Gasteiger partial charge is 0.507 e. The summed E-state index contributed by atoms with van der Waals surface area (Å²) >= 11 is 0. The number of fused-ring (bicyclic) bond motifs is 2. The number of hydrogen-bond acceptors (Lipinski definition) is 3. The van der Waals surface area contributed by atoms with Crippen molar-refractivity contribution in [1.82, 2.24) is 0 Å². The molecule has 0 aliphatic heterocycles. The molecule has 1 aromatic rings. The van der Waals surface area contributed by atoms with Gasteiger partial charge in [-0.05, 0) is 25.8 Å². The number of carbonyl (C=O) groups excluding carboxylic acids is 2. The van der Waals surface area contributed by atoms with Crippen LogP contribution in [0.5, 0.6) is 5.75 Å². The van der Waals surface area contributed by atoms with Crippen molar-refractivity contribution in [3.8, 4) is 5.75 Å². The van der Waals surface area contributed by atoms with E-state index >= 15 is 0 Å².